The monoisotopic (exact) mass is 945 g/mol. The van der Waals surface area contributed by atoms with E-state index in [1.54, 1.807) is 48.5 Å². The molecule has 22 heteroatoms. The average molecular weight is 946 g/mol. The second-order valence-corrected chi connectivity index (χ2v) is 15.1. The number of hydrogen-bond donors (Lipinski definition) is 5. The number of hydrogen-bond acceptors (Lipinski definition) is 15. The summed E-state index contributed by atoms with van der Waals surface area (Å²) in [5.74, 6) is -3.71. The second-order valence-electron chi connectivity index (χ2n) is 15.1. The number of carbonyl (C=O) groups is 8. The van der Waals surface area contributed by atoms with Gasteiger partial charge in [0, 0.05) is 26.4 Å². The minimum Gasteiger partial charge on any atom is -0.444 e. The molecule has 5 N–H and O–H groups in total. The first kappa shape index (κ1) is 51.2. The van der Waals surface area contributed by atoms with E-state index in [1.165, 1.54) is 60.0 Å². The Morgan fingerprint density at radius 1 is 0.691 bits per heavy atom. The molecule has 20 nitrogen and oxygen atoms in total. The van der Waals surface area contributed by atoms with Crippen LogP contribution in [0, 0.1) is 11.6 Å². The number of benzene rings is 4. The van der Waals surface area contributed by atoms with E-state index in [1.807, 2.05) is 0 Å². The number of Topliss-reactive ketones (excluding diaryl/α,β-unsaturated/α-hetero) is 1. The minimum atomic E-state index is -0.657. The number of rotatable bonds is 15. The van der Waals surface area contributed by atoms with Crippen molar-refractivity contribution in [2.75, 3.05) is 66.4 Å². The Hall–Kier alpha value is -7.82. The molecule has 4 aliphatic heterocycles. The molecule has 0 aromatic heterocycles. The molecule has 7 amide bonds. The Balaban J connectivity index is 0.000000211. The molecule has 0 radical (unpaired) electrons. The van der Waals surface area contributed by atoms with Crippen molar-refractivity contribution in [1.29, 1.82) is 0 Å². The fourth-order valence-corrected chi connectivity index (χ4v) is 6.95. The van der Waals surface area contributed by atoms with Crippen LogP contribution in [0.15, 0.2) is 84.9 Å². The summed E-state index contributed by atoms with van der Waals surface area (Å²) >= 11 is 0. The van der Waals surface area contributed by atoms with Crippen LogP contribution in [-0.4, -0.2) is 126 Å². The van der Waals surface area contributed by atoms with Gasteiger partial charge in [0.1, 0.15) is 29.6 Å². The molecular weight excluding hydrogens is 897 g/mol. The van der Waals surface area contributed by atoms with E-state index in [0.29, 0.717) is 35.8 Å². The predicted molar refractivity (Wildman–Crippen MR) is 239 cm³/mol. The van der Waals surface area contributed by atoms with Gasteiger partial charge in [0.05, 0.1) is 77.9 Å². The van der Waals surface area contributed by atoms with Gasteiger partial charge in [0.25, 0.3) is 23.6 Å². The third-order valence-electron chi connectivity index (χ3n) is 10.3. The first-order valence-electron chi connectivity index (χ1n) is 20.7. The molecular formula is C46H49F2N7O13. The van der Waals surface area contributed by atoms with Crippen LogP contribution in [0.3, 0.4) is 0 Å². The van der Waals surface area contributed by atoms with Crippen molar-refractivity contribution in [1.82, 2.24) is 15.4 Å². The van der Waals surface area contributed by atoms with Gasteiger partial charge in [-0.15, -0.1) is 10.1 Å². The fraction of sp³-hybridized carbons (Fsp3) is 0.304. The number of ketones is 1. The van der Waals surface area contributed by atoms with Gasteiger partial charge in [-0.05, 0) is 74.0 Å². The number of halogens is 2. The Bertz CT molecular complexity index is 2510. The van der Waals surface area contributed by atoms with E-state index in [4.69, 9.17) is 24.6 Å². The summed E-state index contributed by atoms with van der Waals surface area (Å²) in [4.78, 5) is 100. The van der Waals surface area contributed by atoms with Gasteiger partial charge in [-0.3, -0.25) is 43.8 Å². The largest absolute Gasteiger partial charge is 0.444 e. The van der Waals surface area contributed by atoms with Crippen LogP contribution < -0.4 is 25.8 Å². The highest BCUT2D eigenvalue weighted by molar-refractivity contribution is 6.21. The number of anilines is 4. The van der Waals surface area contributed by atoms with Crippen molar-refractivity contribution in [2.45, 2.75) is 46.3 Å². The molecule has 4 heterocycles. The van der Waals surface area contributed by atoms with E-state index in [2.05, 4.69) is 16.0 Å². The quantitative estimate of drug-likeness (QED) is 0.0586. The van der Waals surface area contributed by atoms with E-state index < -0.39 is 53.6 Å². The molecule has 0 aliphatic carbocycles. The lowest BCUT2D eigenvalue weighted by molar-refractivity contribution is -0.119. The van der Waals surface area contributed by atoms with Crippen LogP contribution in [0.1, 0.15) is 75.5 Å². The van der Waals surface area contributed by atoms with Crippen LogP contribution >= 0.6 is 0 Å². The van der Waals surface area contributed by atoms with Gasteiger partial charge in [-0.25, -0.2) is 18.4 Å². The van der Waals surface area contributed by atoms with E-state index in [0.717, 1.165) is 0 Å². The molecule has 360 valence electrons. The van der Waals surface area contributed by atoms with Crippen LogP contribution in [0.2, 0.25) is 0 Å². The number of hydroxylamine groups is 4. The van der Waals surface area contributed by atoms with Gasteiger partial charge in [0.2, 0.25) is 5.91 Å². The topological polar surface area (TPSA) is 254 Å². The number of ether oxygens (including phenoxy) is 2. The van der Waals surface area contributed by atoms with Gasteiger partial charge < -0.3 is 35.3 Å². The minimum absolute atomic E-state index is 0. The highest BCUT2D eigenvalue weighted by atomic mass is 19.1. The Morgan fingerprint density at radius 3 is 1.60 bits per heavy atom. The first-order chi connectivity index (χ1) is 32.1. The van der Waals surface area contributed by atoms with Crippen LogP contribution in [-0.2, 0) is 23.9 Å². The number of amides is 7. The van der Waals surface area contributed by atoms with Crippen LogP contribution in [0.4, 0.5) is 41.1 Å². The first-order valence-corrected chi connectivity index (χ1v) is 20.7. The number of nitrogens with zero attached hydrogens (tertiary/aromatic N) is 4. The van der Waals surface area contributed by atoms with Crippen molar-refractivity contribution in [3.05, 3.63) is 119 Å². The van der Waals surface area contributed by atoms with Gasteiger partial charge in [-0.2, -0.15) is 0 Å². The van der Waals surface area contributed by atoms with Gasteiger partial charge in [-0.1, -0.05) is 31.7 Å². The van der Waals surface area contributed by atoms with Gasteiger partial charge in [0.15, 0.2) is 0 Å². The standard InChI is InChI=1S/C22H21FN4O6.C15H19FN2O4.C8H5NO3.CH4/c1-13(28)25-11-15-12-26(22(31)33-15)14-6-7-19(18(23)10-14)24-8-9-32-27-20(29)16-4-2-3-5-17(16)21(27)30;1-10(20)2-4-12-9-18(15(21)22-12)11-3-5-14(13(16)8-11)17-6-7-19;10-7-5-3-1-2-4-6(5)8(11)9(7)12;/h2-7,10,15,24H,8-9,11-12H2,1H3,(H,25,28);3,5,8,12,17,19H,2,4,6-7,9H2,1H3;1-4,12H;1H4/t15-;12-;;/m00../s1. The molecule has 2 fully saturated rings. The van der Waals surface area contributed by atoms with Crippen molar-refractivity contribution >= 4 is 70.3 Å². The molecule has 0 bridgehead atoms. The average Bonchev–Trinajstić information content (AvgIpc) is 4.02. The second kappa shape index (κ2) is 23.1. The van der Waals surface area contributed by atoms with Crippen molar-refractivity contribution < 1.29 is 71.8 Å². The highest BCUT2D eigenvalue weighted by Gasteiger charge is 2.37. The molecule has 0 saturated carbocycles. The summed E-state index contributed by atoms with van der Waals surface area (Å²) in [6.45, 7) is 3.71. The van der Waals surface area contributed by atoms with Gasteiger partial charge >= 0.3 is 12.2 Å². The molecule has 4 aromatic rings. The van der Waals surface area contributed by atoms with Crippen molar-refractivity contribution in [3.8, 4) is 0 Å². The Morgan fingerprint density at radius 2 is 1.15 bits per heavy atom. The summed E-state index contributed by atoms with van der Waals surface area (Å²) in [6.07, 6.45) is -1.22. The number of aliphatic hydroxyl groups excluding tert-OH is 1. The molecule has 2 atom stereocenters. The molecule has 4 aromatic carbocycles. The number of cyclic esters (lactones) is 2. The summed E-state index contributed by atoms with van der Waals surface area (Å²) in [5, 5.41) is 26.6. The number of aliphatic hydroxyl groups is 1. The molecule has 0 spiro atoms. The van der Waals surface area contributed by atoms with Crippen molar-refractivity contribution in [3.63, 3.8) is 0 Å². The van der Waals surface area contributed by atoms with E-state index in [9.17, 15) is 47.1 Å². The lowest BCUT2D eigenvalue weighted by Gasteiger charge is -2.16. The summed E-state index contributed by atoms with van der Waals surface area (Å²) in [5.41, 5.74) is 2.20. The maximum atomic E-state index is 14.6. The summed E-state index contributed by atoms with van der Waals surface area (Å²) in [7, 11) is 0. The maximum Gasteiger partial charge on any atom is 0.414 e. The van der Waals surface area contributed by atoms with Crippen molar-refractivity contribution in [2.24, 2.45) is 0 Å². The third-order valence-corrected chi connectivity index (χ3v) is 10.3. The number of fused-ring (bicyclic) bond motifs is 2. The van der Waals surface area contributed by atoms with Crippen LogP contribution in [0.5, 0.6) is 0 Å². The van der Waals surface area contributed by atoms with Crippen LogP contribution in [0.25, 0.3) is 0 Å². The van der Waals surface area contributed by atoms with E-state index >= 15 is 0 Å². The number of carbonyl (C=O) groups excluding carboxylic acids is 8. The zero-order chi connectivity index (χ0) is 48.4. The molecule has 8 rings (SSSR count). The zero-order valence-electron chi connectivity index (χ0n) is 36.0. The maximum absolute atomic E-state index is 14.6. The van der Waals surface area contributed by atoms with E-state index in [-0.39, 0.29) is 103 Å². The molecule has 4 aliphatic rings. The Labute approximate surface area is 388 Å². The Kier molecular flexibility index (Phi) is 17.4. The lowest BCUT2D eigenvalue weighted by atomic mass is 10.1. The predicted octanol–water partition coefficient (Wildman–Crippen LogP) is 5.16. The third kappa shape index (κ3) is 12.1. The summed E-state index contributed by atoms with van der Waals surface area (Å²) < 4.78 is 38.8. The summed E-state index contributed by atoms with van der Waals surface area (Å²) in [6, 6.07) is 21.3. The molecule has 0 unspecified atom stereocenters. The number of nitrogens with one attached hydrogen (secondary N) is 3. The smallest absolute Gasteiger partial charge is 0.414 e. The zero-order valence-corrected chi connectivity index (χ0v) is 36.0. The molecule has 2 saturated heterocycles. The fourth-order valence-electron chi connectivity index (χ4n) is 6.95. The molecule has 68 heavy (non-hydrogen) atoms. The SMILES string of the molecule is C.CC(=O)CC[C@H]1CN(c2ccc(NCCO)c(F)c2)C(=O)O1.CC(=O)NC[C@H]1CN(c2ccc(NCCON3C(=O)c4ccccc4C3=O)c(F)c2)C(=O)O1.O=C1c2ccccc2C(=O)N1O. The normalized spacial score (nSPS) is 16.7. The lowest BCUT2D eigenvalue weighted by Crippen LogP contribution is -2.33. The highest BCUT2D eigenvalue weighted by Crippen LogP contribution is 2.29. The number of imide groups is 2.